The molecule has 0 unspecified atom stereocenters. The maximum atomic E-state index is 14.2. The van der Waals surface area contributed by atoms with E-state index in [9.17, 15) is 9.18 Å². The molecule has 2 aliphatic heterocycles. The Balaban J connectivity index is 1.84. The monoisotopic (exact) mass is 298 g/mol. The number of ether oxygens (including phenoxy) is 1. The van der Waals surface area contributed by atoms with E-state index in [1.54, 1.807) is 18.2 Å². The normalized spacial score (nSPS) is 26.0. The van der Waals surface area contributed by atoms with Crippen LogP contribution in [0.15, 0.2) is 48.5 Å². The van der Waals surface area contributed by atoms with E-state index in [0.29, 0.717) is 6.42 Å². The van der Waals surface area contributed by atoms with E-state index in [1.807, 2.05) is 31.2 Å². The number of fused-ring (bicyclic) bond motifs is 4. The molecule has 2 amide bonds. The fraction of sp³-hybridized carbons (Fsp3) is 0.235. The minimum atomic E-state index is -0.913. The molecule has 2 aromatic carbocycles. The van der Waals surface area contributed by atoms with Gasteiger partial charge in [0.1, 0.15) is 11.6 Å². The molecule has 1 N–H and O–H groups in total. The molecule has 2 aromatic rings. The molecule has 22 heavy (non-hydrogen) atoms. The zero-order valence-corrected chi connectivity index (χ0v) is 12.0. The smallest absolute Gasteiger partial charge is 0.325 e. The van der Waals surface area contributed by atoms with E-state index >= 15 is 0 Å². The van der Waals surface area contributed by atoms with E-state index < -0.39 is 11.5 Å². The van der Waals surface area contributed by atoms with Crippen LogP contribution in [0.1, 0.15) is 24.9 Å². The Morgan fingerprint density at radius 1 is 1.23 bits per heavy atom. The molecular formula is C17H15FN2O2. The summed E-state index contributed by atoms with van der Waals surface area (Å²) >= 11 is 0. The van der Waals surface area contributed by atoms with Crippen molar-refractivity contribution < 1.29 is 13.9 Å². The van der Waals surface area contributed by atoms with Gasteiger partial charge in [0.05, 0.1) is 11.7 Å². The minimum Gasteiger partial charge on any atom is -0.467 e. The first-order valence-electron chi connectivity index (χ1n) is 7.22. The van der Waals surface area contributed by atoms with Crippen molar-refractivity contribution in [2.75, 3.05) is 4.90 Å². The highest BCUT2D eigenvalue weighted by Crippen LogP contribution is 2.45. The van der Waals surface area contributed by atoms with Crippen LogP contribution >= 0.6 is 0 Å². The molecule has 0 aliphatic carbocycles. The van der Waals surface area contributed by atoms with Crippen LogP contribution in [0, 0.1) is 5.82 Å². The second kappa shape index (κ2) is 4.47. The summed E-state index contributed by atoms with van der Waals surface area (Å²) in [6.45, 7) is 1.82. The maximum absolute atomic E-state index is 14.2. The van der Waals surface area contributed by atoms with E-state index in [2.05, 4.69) is 5.32 Å². The van der Waals surface area contributed by atoms with Crippen LogP contribution in [0.5, 0.6) is 5.75 Å². The van der Waals surface area contributed by atoms with Gasteiger partial charge in [0.25, 0.3) is 0 Å². The van der Waals surface area contributed by atoms with E-state index in [1.165, 1.54) is 11.0 Å². The summed E-state index contributed by atoms with van der Waals surface area (Å²) in [5, 5.41) is 2.95. The number of hydrogen-bond donors (Lipinski definition) is 1. The van der Waals surface area contributed by atoms with Crippen LogP contribution in [-0.2, 0) is 0 Å². The number of carbonyl (C=O) groups is 1. The molecule has 2 aliphatic rings. The lowest BCUT2D eigenvalue weighted by Crippen LogP contribution is -2.65. The van der Waals surface area contributed by atoms with Crippen molar-refractivity contribution >= 4 is 11.7 Å². The van der Waals surface area contributed by atoms with Gasteiger partial charge in [-0.2, -0.15) is 0 Å². The summed E-state index contributed by atoms with van der Waals surface area (Å²) in [5.74, 6) is 0.280. The summed E-state index contributed by atoms with van der Waals surface area (Å²) in [4.78, 5) is 13.9. The van der Waals surface area contributed by atoms with Crippen LogP contribution < -0.4 is 15.0 Å². The Labute approximate surface area is 127 Å². The Hall–Kier alpha value is -2.56. The number of benzene rings is 2. The Morgan fingerprint density at radius 3 is 2.77 bits per heavy atom. The third-order valence-electron chi connectivity index (χ3n) is 4.27. The molecule has 5 heteroatoms. The van der Waals surface area contributed by atoms with Gasteiger partial charge < -0.3 is 10.1 Å². The number of para-hydroxylation sites is 2. The zero-order chi connectivity index (χ0) is 15.3. The van der Waals surface area contributed by atoms with Crippen molar-refractivity contribution in [2.45, 2.75) is 25.1 Å². The van der Waals surface area contributed by atoms with Crippen LogP contribution in [0.2, 0.25) is 0 Å². The third kappa shape index (κ3) is 1.78. The average molecular weight is 298 g/mol. The predicted molar refractivity (Wildman–Crippen MR) is 80.2 cm³/mol. The standard InChI is InChI=1S/C17H15FN2O2/c1-17-10-13(11-6-2-5-9-15(11)22-17)19-16(21)20(17)14-8-4-3-7-12(14)18/h2-9,13H,10H2,1H3,(H,19,21)/t13-,17-/m0/s1. The Kier molecular flexibility index (Phi) is 2.66. The molecule has 4 nitrogen and oxygen atoms in total. The molecule has 112 valence electrons. The van der Waals surface area contributed by atoms with Gasteiger partial charge in [0.2, 0.25) is 0 Å². The van der Waals surface area contributed by atoms with E-state index in [0.717, 1.165) is 11.3 Å². The molecule has 0 aromatic heterocycles. The number of carbonyl (C=O) groups excluding carboxylic acids is 1. The number of urea groups is 1. The number of nitrogens with one attached hydrogen (secondary N) is 1. The summed E-state index contributed by atoms with van der Waals surface area (Å²) in [5.41, 5.74) is 0.269. The topological polar surface area (TPSA) is 41.6 Å². The van der Waals surface area contributed by atoms with E-state index in [-0.39, 0.29) is 17.8 Å². The molecule has 1 fully saturated rings. The lowest BCUT2D eigenvalue weighted by Gasteiger charge is -2.50. The number of halogens is 1. The maximum Gasteiger partial charge on any atom is 0.325 e. The highest BCUT2D eigenvalue weighted by atomic mass is 19.1. The Bertz CT molecular complexity index is 764. The largest absolute Gasteiger partial charge is 0.467 e. The van der Waals surface area contributed by atoms with Gasteiger partial charge >= 0.3 is 6.03 Å². The van der Waals surface area contributed by atoms with Crippen molar-refractivity contribution in [3.05, 3.63) is 59.9 Å². The molecular weight excluding hydrogens is 283 g/mol. The van der Waals surface area contributed by atoms with Gasteiger partial charge in [-0.05, 0) is 25.1 Å². The second-order valence-corrected chi connectivity index (χ2v) is 5.81. The fourth-order valence-corrected chi connectivity index (χ4v) is 3.32. The first-order chi connectivity index (χ1) is 10.6. The summed E-state index contributed by atoms with van der Waals surface area (Å²) in [6.07, 6.45) is 0.560. The quantitative estimate of drug-likeness (QED) is 0.874. The summed E-state index contributed by atoms with van der Waals surface area (Å²) in [6, 6.07) is 13.4. The van der Waals surface area contributed by atoms with Crippen molar-refractivity contribution in [1.82, 2.24) is 5.32 Å². The highest BCUT2D eigenvalue weighted by Gasteiger charge is 2.50. The number of hydrogen-bond acceptors (Lipinski definition) is 2. The molecule has 4 rings (SSSR count). The lowest BCUT2D eigenvalue weighted by molar-refractivity contribution is 0.0373. The number of nitrogens with zero attached hydrogens (tertiary/aromatic N) is 1. The molecule has 0 spiro atoms. The van der Waals surface area contributed by atoms with Gasteiger partial charge in [0.15, 0.2) is 5.72 Å². The average Bonchev–Trinajstić information content (AvgIpc) is 2.48. The predicted octanol–water partition coefficient (Wildman–Crippen LogP) is 3.60. The minimum absolute atomic E-state index is 0.120. The number of amides is 2. The fourth-order valence-electron chi connectivity index (χ4n) is 3.32. The van der Waals surface area contributed by atoms with Crippen LogP contribution in [-0.4, -0.2) is 11.8 Å². The van der Waals surface area contributed by atoms with Gasteiger partial charge in [-0.25, -0.2) is 9.18 Å². The van der Waals surface area contributed by atoms with Gasteiger partial charge in [0, 0.05) is 12.0 Å². The number of anilines is 1. The van der Waals surface area contributed by atoms with Gasteiger partial charge in [-0.3, -0.25) is 4.90 Å². The van der Waals surface area contributed by atoms with Crippen molar-refractivity contribution in [2.24, 2.45) is 0 Å². The van der Waals surface area contributed by atoms with Crippen molar-refractivity contribution in [1.29, 1.82) is 0 Å². The molecule has 1 saturated heterocycles. The summed E-state index contributed by atoms with van der Waals surface area (Å²) < 4.78 is 20.2. The lowest BCUT2D eigenvalue weighted by atomic mass is 9.90. The molecule has 2 heterocycles. The van der Waals surface area contributed by atoms with Crippen LogP contribution in [0.3, 0.4) is 0 Å². The first-order valence-corrected chi connectivity index (χ1v) is 7.22. The number of rotatable bonds is 1. The SMILES string of the molecule is C[C@]12C[C@H](NC(=O)N1c1ccccc1F)c1ccccc1O2. The highest BCUT2D eigenvalue weighted by molar-refractivity contribution is 5.95. The third-order valence-corrected chi connectivity index (χ3v) is 4.27. The van der Waals surface area contributed by atoms with E-state index in [4.69, 9.17) is 4.74 Å². The van der Waals surface area contributed by atoms with Crippen molar-refractivity contribution in [3.8, 4) is 5.75 Å². The molecule has 2 atom stereocenters. The molecule has 0 saturated carbocycles. The Morgan fingerprint density at radius 2 is 1.95 bits per heavy atom. The zero-order valence-electron chi connectivity index (χ0n) is 12.0. The van der Waals surface area contributed by atoms with Gasteiger partial charge in [-0.15, -0.1) is 0 Å². The van der Waals surface area contributed by atoms with Crippen molar-refractivity contribution in [3.63, 3.8) is 0 Å². The van der Waals surface area contributed by atoms with Crippen LogP contribution in [0.25, 0.3) is 0 Å². The molecule has 0 radical (unpaired) electrons. The van der Waals surface area contributed by atoms with Gasteiger partial charge in [-0.1, -0.05) is 30.3 Å². The molecule has 2 bridgehead atoms. The first kappa shape index (κ1) is 13.1. The van der Waals surface area contributed by atoms with Crippen LogP contribution in [0.4, 0.5) is 14.9 Å². The summed E-state index contributed by atoms with van der Waals surface area (Å²) in [7, 11) is 0. The second-order valence-electron chi connectivity index (χ2n) is 5.81.